The number of aryl methyl sites for hydroxylation is 2. The molecule has 2 aliphatic rings. The molecule has 1 aliphatic carbocycles. The van der Waals surface area contributed by atoms with Crippen molar-refractivity contribution in [3.8, 4) is 5.75 Å². The van der Waals surface area contributed by atoms with E-state index in [1.165, 1.54) is 41.0 Å². The van der Waals surface area contributed by atoms with Gasteiger partial charge in [-0.2, -0.15) is 0 Å². The molecule has 0 N–H and O–H groups in total. The van der Waals surface area contributed by atoms with Gasteiger partial charge in [-0.25, -0.2) is 0 Å². The first-order valence-electron chi connectivity index (χ1n) is 7.02. The quantitative estimate of drug-likeness (QED) is 0.785. The minimum atomic E-state index is -0.260. The van der Waals surface area contributed by atoms with Crippen LogP contribution in [0, 0.1) is 0 Å². The maximum atomic E-state index is 11.4. The number of hydrogen-bond acceptors (Lipinski definition) is 3. The molecule has 20 heavy (non-hydrogen) atoms. The Kier molecular flexibility index (Phi) is 3.54. The minimum Gasteiger partial charge on any atom is -0.492 e. The van der Waals surface area contributed by atoms with Gasteiger partial charge in [0.15, 0.2) is 0 Å². The van der Waals surface area contributed by atoms with Gasteiger partial charge in [-0.1, -0.05) is 6.07 Å². The molecule has 4 nitrogen and oxygen atoms in total. The van der Waals surface area contributed by atoms with Crippen molar-refractivity contribution in [2.45, 2.75) is 25.7 Å². The van der Waals surface area contributed by atoms with Gasteiger partial charge in [0.25, 0.3) is 11.8 Å². The lowest BCUT2D eigenvalue weighted by molar-refractivity contribution is -0.137. The van der Waals surface area contributed by atoms with Crippen LogP contribution in [0.4, 0.5) is 0 Å². The van der Waals surface area contributed by atoms with Gasteiger partial charge < -0.3 is 4.74 Å². The van der Waals surface area contributed by atoms with Gasteiger partial charge in [0.05, 0.1) is 6.54 Å². The van der Waals surface area contributed by atoms with Crippen LogP contribution in [-0.4, -0.2) is 29.9 Å². The summed E-state index contributed by atoms with van der Waals surface area (Å²) >= 11 is 0. The fraction of sp³-hybridized carbons (Fsp3) is 0.375. The molecule has 1 aromatic carbocycles. The topological polar surface area (TPSA) is 46.6 Å². The largest absolute Gasteiger partial charge is 0.492 e. The zero-order valence-electron chi connectivity index (χ0n) is 11.3. The Morgan fingerprint density at radius 2 is 1.70 bits per heavy atom. The van der Waals surface area contributed by atoms with E-state index in [1.54, 1.807) is 0 Å². The number of amides is 2. The molecule has 1 heterocycles. The molecule has 0 spiro atoms. The highest BCUT2D eigenvalue weighted by Gasteiger charge is 2.22. The summed E-state index contributed by atoms with van der Waals surface area (Å²) in [6, 6.07) is 6.17. The van der Waals surface area contributed by atoms with E-state index in [9.17, 15) is 9.59 Å². The van der Waals surface area contributed by atoms with Crippen molar-refractivity contribution in [1.29, 1.82) is 0 Å². The van der Waals surface area contributed by atoms with Crippen molar-refractivity contribution in [2.75, 3.05) is 13.2 Å². The number of carbonyl (C=O) groups is 2. The summed E-state index contributed by atoms with van der Waals surface area (Å²) in [5.41, 5.74) is 2.78. The summed E-state index contributed by atoms with van der Waals surface area (Å²) in [6.07, 6.45) is 7.35. The number of fused-ring (bicyclic) bond motifs is 1. The van der Waals surface area contributed by atoms with E-state index in [-0.39, 0.29) is 11.8 Å². The summed E-state index contributed by atoms with van der Waals surface area (Å²) in [5.74, 6) is 0.297. The van der Waals surface area contributed by atoms with Crippen LogP contribution < -0.4 is 4.74 Å². The molecule has 0 saturated heterocycles. The second-order valence-corrected chi connectivity index (χ2v) is 5.15. The maximum absolute atomic E-state index is 11.4. The van der Waals surface area contributed by atoms with E-state index in [2.05, 4.69) is 12.1 Å². The molecule has 4 heteroatoms. The smallest absolute Gasteiger partial charge is 0.253 e. The third-order valence-corrected chi connectivity index (χ3v) is 3.80. The van der Waals surface area contributed by atoms with Gasteiger partial charge in [-0.3, -0.25) is 14.5 Å². The second kappa shape index (κ2) is 5.49. The Morgan fingerprint density at radius 3 is 2.45 bits per heavy atom. The summed E-state index contributed by atoms with van der Waals surface area (Å²) in [6.45, 7) is 0.625. The number of imide groups is 1. The lowest BCUT2D eigenvalue weighted by Crippen LogP contribution is -2.33. The average Bonchev–Trinajstić information content (AvgIpc) is 2.79. The van der Waals surface area contributed by atoms with E-state index in [0.29, 0.717) is 13.2 Å². The molecule has 0 radical (unpaired) electrons. The Morgan fingerprint density at radius 1 is 1.00 bits per heavy atom. The predicted octanol–water partition coefficient (Wildman–Crippen LogP) is 1.87. The molecule has 0 unspecified atom stereocenters. The Labute approximate surface area is 118 Å². The van der Waals surface area contributed by atoms with Crippen molar-refractivity contribution in [3.63, 3.8) is 0 Å². The summed E-state index contributed by atoms with van der Waals surface area (Å²) in [5, 5.41) is 0. The highest BCUT2D eigenvalue weighted by atomic mass is 16.5. The van der Waals surface area contributed by atoms with Crippen molar-refractivity contribution in [2.24, 2.45) is 0 Å². The van der Waals surface area contributed by atoms with E-state index < -0.39 is 0 Å². The molecule has 3 rings (SSSR count). The van der Waals surface area contributed by atoms with E-state index >= 15 is 0 Å². The van der Waals surface area contributed by atoms with E-state index in [4.69, 9.17) is 4.74 Å². The number of rotatable bonds is 4. The number of ether oxygens (including phenoxy) is 1. The summed E-state index contributed by atoms with van der Waals surface area (Å²) in [4.78, 5) is 24.0. The van der Waals surface area contributed by atoms with Crippen molar-refractivity contribution in [1.82, 2.24) is 4.90 Å². The molecule has 1 aliphatic heterocycles. The predicted molar refractivity (Wildman–Crippen MR) is 74.4 cm³/mol. The molecule has 0 saturated carbocycles. The molecule has 0 fully saturated rings. The lowest BCUT2D eigenvalue weighted by Gasteiger charge is -2.18. The summed E-state index contributed by atoms with van der Waals surface area (Å²) in [7, 11) is 0. The Bertz CT molecular complexity index is 559. The van der Waals surface area contributed by atoms with Crippen LogP contribution in [0.1, 0.15) is 24.0 Å². The van der Waals surface area contributed by atoms with Crippen molar-refractivity contribution in [3.05, 3.63) is 41.5 Å². The fourth-order valence-electron chi connectivity index (χ4n) is 2.71. The number of hydrogen-bond donors (Lipinski definition) is 0. The molecule has 1 aromatic rings. The molecule has 0 atom stereocenters. The Hall–Kier alpha value is -2.10. The third-order valence-electron chi connectivity index (χ3n) is 3.80. The van der Waals surface area contributed by atoms with Crippen LogP contribution in [0.3, 0.4) is 0 Å². The number of nitrogens with zero attached hydrogens (tertiary/aromatic N) is 1. The monoisotopic (exact) mass is 271 g/mol. The molecule has 0 aromatic heterocycles. The van der Waals surface area contributed by atoms with E-state index in [1.807, 2.05) is 6.07 Å². The highest BCUT2D eigenvalue weighted by Crippen LogP contribution is 2.25. The van der Waals surface area contributed by atoms with Gasteiger partial charge in [0.1, 0.15) is 12.4 Å². The van der Waals surface area contributed by atoms with Crippen LogP contribution in [-0.2, 0) is 22.4 Å². The minimum absolute atomic E-state index is 0.260. The summed E-state index contributed by atoms with van der Waals surface area (Å²) < 4.78 is 5.66. The van der Waals surface area contributed by atoms with Gasteiger partial charge >= 0.3 is 0 Å². The van der Waals surface area contributed by atoms with Crippen LogP contribution >= 0.6 is 0 Å². The molecule has 0 bridgehead atoms. The highest BCUT2D eigenvalue weighted by molar-refractivity contribution is 6.12. The van der Waals surface area contributed by atoms with E-state index in [0.717, 1.165) is 18.6 Å². The van der Waals surface area contributed by atoms with Crippen molar-refractivity contribution >= 4 is 11.8 Å². The van der Waals surface area contributed by atoms with Crippen LogP contribution in [0.5, 0.6) is 5.75 Å². The van der Waals surface area contributed by atoms with Crippen LogP contribution in [0.2, 0.25) is 0 Å². The Balaban J connectivity index is 1.56. The first-order valence-corrected chi connectivity index (χ1v) is 7.02. The standard InChI is InChI=1S/C16H17NO3/c18-15-7-8-16(19)17(15)9-10-20-14-6-5-12-3-1-2-4-13(12)11-14/h5-8,11H,1-4,9-10H2. The first kappa shape index (κ1) is 12.9. The third kappa shape index (κ3) is 2.59. The number of carbonyl (C=O) groups excluding carboxylic acids is 2. The molecular weight excluding hydrogens is 254 g/mol. The van der Waals surface area contributed by atoms with Crippen molar-refractivity contribution < 1.29 is 14.3 Å². The van der Waals surface area contributed by atoms with Gasteiger partial charge in [0, 0.05) is 12.2 Å². The molecular formula is C16H17NO3. The zero-order valence-corrected chi connectivity index (χ0v) is 11.3. The number of benzene rings is 1. The van der Waals surface area contributed by atoms with Crippen LogP contribution in [0.15, 0.2) is 30.4 Å². The molecule has 2 amide bonds. The normalized spacial score (nSPS) is 17.5. The average molecular weight is 271 g/mol. The van der Waals surface area contributed by atoms with Gasteiger partial charge in [-0.15, -0.1) is 0 Å². The van der Waals surface area contributed by atoms with Crippen LogP contribution in [0.25, 0.3) is 0 Å². The zero-order chi connectivity index (χ0) is 13.9. The lowest BCUT2D eigenvalue weighted by atomic mass is 9.92. The second-order valence-electron chi connectivity index (χ2n) is 5.15. The molecule has 104 valence electrons. The SMILES string of the molecule is O=C1C=CC(=O)N1CCOc1ccc2c(c1)CCCC2. The van der Waals surface area contributed by atoms with Gasteiger partial charge in [-0.05, 0) is 48.9 Å². The first-order chi connectivity index (χ1) is 9.74. The van der Waals surface area contributed by atoms with Gasteiger partial charge in [0.2, 0.25) is 0 Å². The maximum Gasteiger partial charge on any atom is 0.253 e. The fourth-order valence-corrected chi connectivity index (χ4v) is 2.71.